The van der Waals surface area contributed by atoms with Gasteiger partial charge in [0.1, 0.15) is 0 Å². The van der Waals surface area contributed by atoms with Crippen LogP contribution in [0.15, 0.2) is 28.7 Å². The van der Waals surface area contributed by atoms with Crippen molar-refractivity contribution in [3.8, 4) is 0 Å². The molecule has 17 heavy (non-hydrogen) atoms. The van der Waals surface area contributed by atoms with Gasteiger partial charge in [-0.2, -0.15) is 0 Å². The van der Waals surface area contributed by atoms with Crippen LogP contribution in [0.3, 0.4) is 0 Å². The van der Waals surface area contributed by atoms with Crippen LogP contribution < -0.4 is 5.32 Å². The number of hydrogen-bond donors (Lipinski definition) is 2. The Kier molecular flexibility index (Phi) is 4.76. The molecular weight excluding hydrogens is 278 g/mol. The van der Waals surface area contributed by atoms with Gasteiger partial charge in [-0.1, -0.05) is 34.1 Å². The highest BCUT2D eigenvalue weighted by molar-refractivity contribution is 9.10. The largest absolute Gasteiger partial charge is 0.389 e. The molecule has 1 aromatic rings. The normalized spacial score (nSPS) is 15.6. The van der Waals surface area contributed by atoms with Crippen LogP contribution in [0.4, 0.5) is 0 Å². The quantitative estimate of drug-likeness (QED) is 0.895. The van der Waals surface area contributed by atoms with Crippen LogP contribution in [0.2, 0.25) is 0 Å². The fourth-order valence-corrected chi connectivity index (χ4v) is 2.00. The van der Waals surface area contributed by atoms with Crippen molar-refractivity contribution in [2.24, 2.45) is 0 Å². The molecule has 0 spiro atoms. The highest BCUT2D eigenvalue weighted by atomic mass is 79.9. The summed E-state index contributed by atoms with van der Waals surface area (Å²) in [5.41, 5.74) is 0.419. The van der Waals surface area contributed by atoms with Crippen LogP contribution in [-0.4, -0.2) is 22.8 Å². The average Bonchev–Trinajstić information content (AvgIpc) is 2.18. The van der Waals surface area contributed by atoms with Gasteiger partial charge in [0.25, 0.3) is 0 Å². The van der Waals surface area contributed by atoms with Crippen molar-refractivity contribution < 1.29 is 5.11 Å². The molecule has 2 N–H and O–H groups in total. The Morgan fingerprint density at radius 1 is 1.18 bits per heavy atom. The molecule has 0 radical (unpaired) electrons. The fourth-order valence-electron chi connectivity index (χ4n) is 1.57. The molecule has 0 saturated heterocycles. The molecule has 1 aromatic carbocycles. The monoisotopic (exact) mass is 299 g/mol. The van der Waals surface area contributed by atoms with E-state index in [-0.39, 0.29) is 5.54 Å². The Morgan fingerprint density at radius 2 is 1.76 bits per heavy atom. The third kappa shape index (κ3) is 5.66. The third-order valence-corrected chi connectivity index (χ3v) is 3.30. The number of benzene rings is 1. The van der Waals surface area contributed by atoms with E-state index in [0.717, 1.165) is 10.0 Å². The van der Waals surface area contributed by atoms with Crippen molar-refractivity contribution in [3.63, 3.8) is 0 Å². The van der Waals surface area contributed by atoms with Gasteiger partial charge in [0.05, 0.1) is 5.60 Å². The lowest BCUT2D eigenvalue weighted by molar-refractivity contribution is 0.0533. The van der Waals surface area contributed by atoms with Gasteiger partial charge < -0.3 is 10.4 Å². The summed E-state index contributed by atoms with van der Waals surface area (Å²) in [7, 11) is 0. The molecule has 0 aliphatic rings. The van der Waals surface area contributed by atoms with E-state index in [0.29, 0.717) is 13.0 Å². The molecule has 1 atom stereocenters. The van der Waals surface area contributed by atoms with E-state index < -0.39 is 5.60 Å². The molecule has 3 heteroatoms. The van der Waals surface area contributed by atoms with Crippen LogP contribution in [0, 0.1) is 0 Å². The molecule has 1 rings (SSSR count). The second kappa shape index (κ2) is 5.51. The summed E-state index contributed by atoms with van der Waals surface area (Å²) in [5.74, 6) is 0. The van der Waals surface area contributed by atoms with Gasteiger partial charge in [-0.05, 0) is 39.3 Å². The van der Waals surface area contributed by atoms with E-state index in [9.17, 15) is 5.11 Å². The van der Waals surface area contributed by atoms with Crippen LogP contribution in [0.1, 0.15) is 33.3 Å². The van der Waals surface area contributed by atoms with Crippen molar-refractivity contribution in [1.29, 1.82) is 0 Å². The highest BCUT2D eigenvalue weighted by Crippen LogP contribution is 2.21. The predicted octanol–water partition coefficient (Wildman–Crippen LogP) is 3.13. The molecule has 1 unspecified atom stereocenters. The minimum absolute atomic E-state index is 0.0257. The SMILES string of the molecule is CC(O)(CNC(C)(C)C)Cc1ccccc1Br. The van der Waals surface area contributed by atoms with Crippen molar-refractivity contribution in [2.75, 3.05) is 6.54 Å². The van der Waals surface area contributed by atoms with Gasteiger partial charge in [-0.15, -0.1) is 0 Å². The van der Waals surface area contributed by atoms with E-state index >= 15 is 0 Å². The maximum atomic E-state index is 10.4. The molecule has 0 fully saturated rings. The first-order valence-corrected chi connectivity index (χ1v) is 6.70. The maximum absolute atomic E-state index is 10.4. The Hall–Kier alpha value is -0.380. The van der Waals surface area contributed by atoms with Gasteiger partial charge >= 0.3 is 0 Å². The van der Waals surface area contributed by atoms with Gasteiger partial charge in [0.15, 0.2) is 0 Å². The summed E-state index contributed by atoms with van der Waals surface area (Å²) < 4.78 is 1.05. The van der Waals surface area contributed by atoms with Gasteiger partial charge in [-0.25, -0.2) is 0 Å². The molecular formula is C14H22BrNO. The zero-order chi connectivity index (χ0) is 13.1. The molecule has 0 heterocycles. The van der Waals surface area contributed by atoms with E-state index in [4.69, 9.17) is 0 Å². The van der Waals surface area contributed by atoms with Gasteiger partial charge in [-0.3, -0.25) is 0 Å². The van der Waals surface area contributed by atoms with E-state index in [1.54, 1.807) is 0 Å². The first kappa shape index (κ1) is 14.7. The average molecular weight is 300 g/mol. The molecule has 0 bridgehead atoms. The Bertz CT molecular complexity index is 369. The van der Waals surface area contributed by atoms with E-state index in [1.807, 2.05) is 31.2 Å². The lowest BCUT2D eigenvalue weighted by Crippen LogP contribution is -2.47. The number of rotatable bonds is 4. The number of nitrogens with one attached hydrogen (secondary N) is 1. The fraction of sp³-hybridized carbons (Fsp3) is 0.571. The third-order valence-electron chi connectivity index (χ3n) is 2.53. The van der Waals surface area contributed by atoms with E-state index in [1.165, 1.54) is 0 Å². The summed E-state index contributed by atoms with van der Waals surface area (Å²) in [6, 6.07) is 8.02. The van der Waals surface area contributed by atoms with Crippen molar-refractivity contribution >= 4 is 15.9 Å². The Labute approximate surface area is 113 Å². The first-order chi connectivity index (χ1) is 7.70. The highest BCUT2D eigenvalue weighted by Gasteiger charge is 2.24. The van der Waals surface area contributed by atoms with Gasteiger partial charge in [0.2, 0.25) is 0 Å². The van der Waals surface area contributed by atoms with Crippen LogP contribution in [0.25, 0.3) is 0 Å². The molecule has 96 valence electrons. The van der Waals surface area contributed by atoms with Crippen molar-refractivity contribution in [3.05, 3.63) is 34.3 Å². The summed E-state index contributed by atoms with van der Waals surface area (Å²) in [6.45, 7) is 8.74. The summed E-state index contributed by atoms with van der Waals surface area (Å²) in [4.78, 5) is 0. The molecule has 0 saturated carbocycles. The molecule has 0 aliphatic heterocycles. The maximum Gasteiger partial charge on any atom is 0.0784 e. The van der Waals surface area contributed by atoms with Crippen molar-refractivity contribution in [2.45, 2.75) is 45.3 Å². The van der Waals surface area contributed by atoms with Gasteiger partial charge in [0, 0.05) is 23.0 Å². The smallest absolute Gasteiger partial charge is 0.0784 e. The number of halogens is 1. The minimum Gasteiger partial charge on any atom is -0.389 e. The summed E-state index contributed by atoms with van der Waals surface area (Å²) >= 11 is 3.51. The second-order valence-electron chi connectivity index (χ2n) is 5.87. The number of β-amino-alcohol motifs (C(OH)–C–C–N with tert-alkyl or cyclic N) is 1. The predicted molar refractivity (Wildman–Crippen MR) is 76.2 cm³/mol. The minimum atomic E-state index is -0.739. The Morgan fingerprint density at radius 3 is 2.29 bits per heavy atom. The zero-order valence-electron chi connectivity index (χ0n) is 11.0. The number of aliphatic hydroxyl groups is 1. The van der Waals surface area contributed by atoms with Crippen LogP contribution >= 0.6 is 15.9 Å². The van der Waals surface area contributed by atoms with Crippen molar-refractivity contribution in [1.82, 2.24) is 5.32 Å². The second-order valence-corrected chi connectivity index (χ2v) is 6.72. The lowest BCUT2D eigenvalue weighted by atomic mass is 9.95. The molecule has 0 amide bonds. The first-order valence-electron chi connectivity index (χ1n) is 5.90. The molecule has 0 aromatic heterocycles. The molecule has 2 nitrogen and oxygen atoms in total. The summed E-state index contributed by atoms with van der Waals surface area (Å²) in [6.07, 6.45) is 0.636. The number of hydrogen-bond acceptors (Lipinski definition) is 2. The van der Waals surface area contributed by atoms with E-state index in [2.05, 4.69) is 42.0 Å². The lowest BCUT2D eigenvalue weighted by Gasteiger charge is -2.29. The van der Waals surface area contributed by atoms with Crippen LogP contribution in [0.5, 0.6) is 0 Å². The Balaban J connectivity index is 2.64. The standard InChI is InChI=1S/C14H22BrNO/c1-13(2,3)16-10-14(4,17)9-11-7-5-6-8-12(11)15/h5-8,16-17H,9-10H2,1-4H3. The molecule has 0 aliphatic carbocycles. The summed E-state index contributed by atoms with van der Waals surface area (Å²) in [5, 5.41) is 13.7. The zero-order valence-corrected chi connectivity index (χ0v) is 12.6. The topological polar surface area (TPSA) is 32.3 Å². The van der Waals surface area contributed by atoms with Crippen LogP contribution in [-0.2, 0) is 6.42 Å².